The molecule has 0 radical (unpaired) electrons. The van der Waals surface area contributed by atoms with Crippen LogP contribution in [0.3, 0.4) is 0 Å². The first-order valence-electron chi connectivity index (χ1n) is 7.76. The standard InChI is InChI=1S/C19H16FN3O2/c20-16-6-5-13(18(21)24)11-15(16)19(25)23-10-8-12-7-9-22-17-4-2-1-3-14(12)17/h1-7,9,11H,8,10H2,(H2,21,24)(H,23,25). The van der Waals surface area contributed by atoms with Crippen molar-refractivity contribution in [1.82, 2.24) is 10.3 Å². The van der Waals surface area contributed by atoms with Gasteiger partial charge in [0.1, 0.15) is 5.82 Å². The molecule has 0 aliphatic heterocycles. The summed E-state index contributed by atoms with van der Waals surface area (Å²) in [6.45, 7) is 0.326. The van der Waals surface area contributed by atoms with E-state index in [9.17, 15) is 14.0 Å². The molecule has 25 heavy (non-hydrogen) atoms. The maximum absolute atomic E-state index is 13.8. The Morgan fingerprint density at radius 3 is 2.72 bits per heavy atom. The number of aromatic nitrogens is 1. The van der Waals surface area contributed by atoms with E-state index in [1.165, 1.54) is 6.07 Å². The minimum absolute atomic E-state index is 0.0895. The second-order valence-corrected chi connectivity index (χ2v) is 5.55. The lowest BCUT2D eigenvalue weighted by atomic mass is 10.1. The lowest BCUT2D eigenvalue weighted by Gasteiger charge is -2.09. The molecule has 3 N–H and O–H groups in total. The minimum atomic E-state index is -0.711. The molecular formula is C19H16FN3O2. The molecule has 0 aliphatic carbocycles. The van der Waals surface area contributed by atoms with Crippen LogP contribution in [-0.2, 0) is 6.42 Å². The summed E-state index contributed by atoms with van der Waals surface area (Å²) < 4.78 is 13.8. The van der Waals surface area contributed by atoms with Crippen molar-refractivity contribution in [2.24, 2.45) is 5.73 Å². The maximum atomic E-state index is 13.8. The normalized spacial score (nSPS) is 10.6. The molecule has 0 spiro atoms. The van der Waals surface area contributed by atoms with Crippen molar-refractivity contribution < 1.29 is 14.0 Å². The molecule has 2 aromatic carbocycles. The number of primary amides is 1. The monoisotopic (exact) mass is 337 g/mol. The van der Waals surface area contributed by atoms with Crippen molar-refractivity contribution in [2.75, 3.05) is 6.54 Å². The summed E-state index contributed by atoms with van der Waals surface area (Å²) in [7, 11) is 0. The zero-order valence-corrected chi connectivity index (χ0v) is 13.3. The summed E-state index contributed by atoms with van der Waals surface area (Å²) >= 11 is 0. The second kappa shape index (κ2) is 7.09. The second-order valence-electron chi connectivity index (χ2n) is 5.55. The Labute approximate surface area is 143 Å². The summed E-state index contributed by atoms with van der Waals surface area (Å²) in [4.78, 5) is 27.6. The summed E-state index contributed by atoms with van der Waals surface area (Å²) in [5.74, 6) is -1.99. The van der Waals surface area contributed by atoms with E-state index in [-0.39, 0.29) is 11.1 Å². The molecule has 0 unspecified atom stereocenters. The van der Waals surface area contributed by atoms with E-state index in [0.29, 0.717) is 13.0 Å². The molecule has 6 heteroatoms. The Morgan fingerprint density at radius 2 is 1.92 bits per heavy atom. The fraction of sp³-hybridized carbons (Fsp3) is 0.105. The van der Waals surface area contributed by atoms with Crippen LogP contribution in [0.25, 0.3) is 10.9 Å². The Hall–Kier alpha value is -3.28. The van der Waals surface area contributed by atoms with Crippen molar-refractivity contribution in [1.29, 1.82) is 0 Å². The first-order valence-corrected chi connectivity index (χ1v) is 7.76. The van der Waals surface area contributed by atoms with E-state index < -0.39 is 17.6 Å². The molecule has 0 atom stereocenters. The van der Waals surface area contributed by atoms with Crippen LogP contribution >= 0.6 is 0 Å². The molecule has 2 amide bonds. The van der Waals surface area contributed by atoms with Gasteiger partial charge in [-0.15, -0.1) is 0 Å². The third kappa shape index (κ3) is 3.63. The van der Waals surface area contributed by atoms with Crippen LogP contribution in [0.5, 0.6) is 0 Å². The summed E-state index contributed by atoms with van der Waals surface area (Å²) in [6.07, 6.45) is 2.29. The summed E-state index contributed by atoms with van der Waals surface area (Å²) in [6, 6.07) is 13.1. The fourth-order valence-corrected chi connectivity index (χ4v) is 2.63. The lowest BCUT2D eigenvalue weighted by molar-refractivity contribution is 0.0950. The first-order chi connectivity index (χ1) is 12.1. The number of carbonyl (C=O) groups excluding carboxylic acids is 2. The third-order valence-corrected chi connectivity index (χ3v) is 3.91. The van der Waals surface area contributed by atoms with Gasteiger partial charge in [-0.2, -0.15) is 0 Å². The highest BCUT2D eigenvalue weighted by Gasteiger charge is 2.14. The molecule has 0 aliphatic rings. The average Bonchev–Trinajstić information content (AvgIpc) is 2.62. The van der Waals surface area contributed by atoms with Gasteiger partial charge in [-0.1, -0.05) is 18.2 Å². The zero-order chi connectivity index (χ0) is 17.8. The van der Waals surface area contributed by atoms with Crippen molar-refractivity contribution in [3.63, 3.8) is 0 Å². The van der Waals surface area contributed by atoms with Gasteiger partial charge in [-0.3, -0.25) is 14.6 Å². The SMILES string of the molecule is NC(=O)c1ccc(F)c(C(=O)NCCc2ccnc3ccccc23)c1. The number of benzene rings is 2. The molecule has 1 heterocycles. The molecular weight excluding hydrogens is 321 g/mol. The van der Waals surface area contributed by atoms with E-state index in [0.717, 1.165) is 28.6 Å². The van der Waals surface area contributed by atoms with Gasteiger partial charge in [0.25, 0.3) is 5.91 Å². The Bertz CT molecular complexity index is 951. The van der Waals surface area contributed by atoms with Crippen LogP contribution in [0.15, 0.2) is 54.7 Å². The van der Waals surface area contributed by atoms with Crippen LogP contribution in [0, 0.1) is 5.82 Å². The molecule has 3 aromatic rings. The lowest BCUT2D eigenvalue weighted by Crippen LogP contribution is -2.27. The zero-order valence-electron chi connectivity index (χ0n) is 13.3. The third-order valence-electron chi connectivity index (χ3n) is 3.91. The van der Waals surface area contributed by atoms with Crippen LogP contribution in [0.1, 0.15) is 26.3 Å². The molecule has 0 fully saturated rings. The molecule has 0 bridgehead atoms. The Morgan fingerprint density at radius 1 is 1.12 bits per heavy atom. The molecule has 0 saturated heterocycles. The summed E-state index contributed by atoms with van der Waals surface area (Å²) in [5.41, 5.74) is 6.97. The van der Waals surface area contributed by atoms with Crippen molar-refractivity contribution in [2.45, 2.75) is 6.42 Å². The predicted molar refractivity (Wildman–Crippen MR) is 92.7 cm³/mol. The van der Waals surface area contributed by atoms with Gasteiger partial charge in [-0.25, -0.2) is 4.39 Å². The van der Waals surface area contributed by atoms with E-state index >= 15 is 0 Å². The number of halogens is 1. The van der Waals surface area contributed by atoms with Crippen molar-refractivity contribution in [3.05, 3.63) is 77.2 Å². The molecule has 1 aromatic heterocycles. The van der Waals surface area contributed by atoms with E-state index in [1.807, 2.05) is 30.3 Å². The Balaban J connectivity index is 1.71. The number of rotatable bonds is 5. The van der Waals surface area contributed by atoms with Gasteiger partial charge in [-0.05, 0) is 42.3 Å². The number of amides is 2. The summed E-state index contributed by atoms with van der Waals surface area (Å²) in [5, 5.41) is 3.68. The quantitative estimate of drug-likeness (QED) is 0.750. The van der Waals surface area contributed by atoms with Crippen LogP contribution in [0.2, 0.25) is 0 Å². The van der Waals surface area contributed by atoms with Crippen LogP contribution in [-0.4, -0.2) is 23.3 Å². The smallest absolute Gasteiger partial charge is 0.254 e. The molecule has 3 rings (SSSR count). The number of nitrogens with one attached hydrogen (secondary N) is 1. The largest absolute Gasteiger partial charge is 0.366 e. The van der Waals surface area contributed by atoms with Crippen LogP contribution in [0.4, 0.5) is 4.39 Å². The van der Waals surface area contributed by atoms with Gasteiger partial charge < -0.3 is 11.1 Å². The van der Waals surface area contributed by atoms with Crippen molar-refractivity contribution >= 4 is 22.7 Å². The topological polar surface area (TPSA) is 85.1 Å². The van der Waals surface area contributed by atoms with E-state index in [4.69, 9.17) is 5.73 Å². The van der Waals surface area contributed by atoms with Gasteiger partial charge in [0.2, 0.25) is 5.91 Å². The number of hydrogen-bond acceptors (Lipinski definition) is 3. The number of nitrogens with two attached hydrogens (primary N) is 1. The Kier molecular flexibility index (Phi) is 4.70. The van der Waals surface area contributed by atoms with Gasteiger partial charge >= 0.3 is 0 Å². The highest BCUT2D eigenvalue weighted by atomic mass is 19.1. The number of nitrogens with zero attached hydrogens (tertiary/aromatic N) is 1. The van der Waals surface area contributed by atoms with E-state index in [2.05, 4.69) is 10.3 Å². The average molecular weight is 337 g/mol. The fourth-order valence-electron chi connectivity index (χ4n) is 2.63. The maximum Gasteiger partial charge on any atom is 0.254 e. The highest BCUT2D eigenvalue weighted by molar-refractivity contribution is 5.99. The van der Waals surface area contributed by atoms with Gasteiger partial charge in [0.15, 0.2) is 0 Å². The minimum Gasteiger partial charge on any atom is -0.366 e. The number of carbonyl (C=O) groups is 2. The number of para-hydroxylation sites is 1. The van der Waals surface area contributed by atoms with Gasteiger partial charge in [0, 0.05) is 23.7 Å². The number of pyridine rings is 1. The molecule has 0 saturated carbocycles. The van der Waals surface area contributed by atoms with Gasteiger partial charge in [0.05, 0.1) is 11.1 Å². The highest BCUT2D eigenvalue weighted by Crippen LogP contribution is 2.16. The predicted octanol–water partition coefficient (Wildman–Crippen LogP) is 2.45. The van der Waals surface area contributed by atoms with E-state index in [1.54, 1.807) is 6.20 Å². The van der Waals surface area contributed by atoms with Crippen molar-refractivity contribution in [3.8, 4) is 0 Å². The first kappa shape index (κ1) is 16.6. The number of fused-ring (bicyclic) bond motifs is 1. The van der Waals surface area contributed by atoms with Crippen LogP contribution < -0.4 is 11.1 Å². The molecule has 5 nitrogen and oxygen atoms in total. The number of hydrogen-bond donors (Lipinski definition) is 2. The molecule has 126 valence electrons.